The lowest BCUT2D eigenvalue weighted by molar-refractivity contribution is -0.526. The lowest BCUT2D eigenvalue weighted by atomic mass is 10.3. The summed E-state index contributed by atoms with van der Waals surface area (Å²) >= 11 is 7.10. The van der Waals surface area contributed by atoms with Crippen LogP contribution in [0.25, 0.3) is 11.0 Å². The van der Waals surface area contributed by atoms with E-state index in [-0.39, 0.29) is 16.6 Å². The molecule has 4 rings (SSSR count). The number of benzene rings is 3. The summed E-state index contributed by atoms with van der Waals surface area (Å²) < 4.78 is 33.2. The maximum absolute atomic E-state index is 13.4. The number of carbonyl (C=O) groups is 1. The fourth-order valence-corrected chi connectivity index (χ4v) is 5.92. The third-order valence-electron chi connectivity index (χ3n) is 4.61. The average molecular weight is 489 g/mol. The third-order valence-corrected chi connectivity index (χ3v) is 7.65. The van der Waals surface area contributed by atoms with Crippen molar-refractivity contribution in [3.8, 4) is 5.75 Å². The Morgan fingerprint density at radius 3 is 2.56 bits per heavy atom. The van der Waals surface area contributed by atoms with E-state index >= 15 is 0 Å². The number of fused-ring (bicyclic) bond motifs is 1. The highest BCUT2D eigenvalue weighted by atomic mass is 35.5. The molecule has 10 heteroatoms. The number of para-hydroxylation sites is 2. The molecule has 0 saturated carbocycles. The number of nitrogens with zero attached hydrogens (tertiary/aromatic N) is 1. The van der Waals surface area contributed by atoms with Crippen LogP contribution in [0.2, 0.25) is 5.02 Å². The Bertz CT molecular complexity index is 1390. The molecular formula is C22H19ClN3O4S2+. The van der Waals surface area contributed by atoms with Gasteiger partial charge in [0, 0.05) is 5.02 Å². The molecule has 0 atom stereocenters. The first kappa shape index (κ1) is 22.2. The van der Waals surface area contributed by atoms with E-state index in [0.29, 0.717) is 32.6 Å². The number of methoxy groups -OCH3 is 1. The molecule has 0 radical (unpaired) electrons. The van der Waals surface area contributed by atoms with Gasteiger partial charge in [-0.1, -0.05) is 41.9 Å². The van der Waals surface area contributed by atoms with Gasteiger partial charge in [-0.3, -0.25) is 4.79 Å². The van der Waals surface area contributed by atoms with Crippen molar-refractivity contribution in [2.24, 2.45) is 0 Å². The molecule has 0 aliphatic rings. The fraction of sp³-hybridized carbons (Fsp3) is 0.0909. The molecule has 0 spiro atoms. The molecule has 0 unspecified atom stereocenters. The van der Waals surface area contributed by atoms with Crippen molar-refractivity contribution in [3.05, 3.63) is 77.8 Å². The van der Waals surface area contributed by atoms with E-state index < -0.39 is 10.0 Å². The molecule has 0 aliphatic heterocycles. The van der Waals surface area contributed by atoms with Crippen molar-refractivity contribution in [1.82, 2.24) is 4.98 Å². The van der Waals surface area contributed by atoms with Crippen LogP contribution in [0, 0.1) is 0 Å². The van der Waals surface area contributed by atoms with Crippen molar-refractivity contribution < 1.29 is 21.9 Å². The number of aromatic amines is 1. The van der Waals surface area contributed by atoms with E-state index in [9.17, 15) is 13.2 Å². The number of carbonyl (C=O) groups excluding carboxylic acids is 1. The molecule has 0 fully saturated rings. The molecule has 3 aromatic carbocycles. The van der Waals surface area contributed by atoms with E-state index in [1.807, 2.05) is 6.07 Å². The molecule has 1 heterocycles. The third kappa shape index (κ3) is 4.45. The van der Waals surface area contributed by atoms with Gasteiger partial charge in [-0.05, 0) is 54.2 Å². The molecule has 0 aliphatic carbocycles. The monoisotopic (exact) mass is 488 g/mol. The lowest BCUT2D eigenvalue weighted by Crippen LogP contribution is -2.44. The number of anilines is 1. The van der Waals surface area contributed by atoms with Crippen LogP contribution in [0.15, 0.2) is 82.8 Å². The van der Waals surface area contributed by atoms with Crippen LogP contribution in [0.1, 0.15) is 0 Å². The van der Waals surface area contributed by atoms with Crippen molar-refractivity contribution in [2.75, 3.05) is 18.2 Å². The molecule has 2 N–H and O–H groups in total. The minimum Gasteiger partial charge on any atom is -0.495 e. The standard InChI is InChI=1S/C22H18ClN3O4S2/c1-30-20-12-11-15(23)13-18(20)24-21(27)14-31-22-25-17-9-5-6-10-19(17)26(22)32(28,29)16-7-3-2-4-8-16/h2-13H,14H2,1H3,(H,24,27)/p+1. The van der Waals surface area contributed by atoms with Crippen molar-refractivity contribution in [2.45, 2.75) is 10.1 Å². The van der Waals surface area contributed by atoms with E-state index in [4.69, 9.17) is 16.3 Å². The first-order valence-electron chi connectivity index (χ1n) is 9.50. The van der Waals surface area contributed by atoms with Crippen molar-refractivity contribution in [1.29, 1.82) is 0 Å². The van der Waals surface area contributed by atoms with E-state index in [2.05, 4.69) is 10.3 Å². The summed E-state index contributed by atoms with van der Waals surface area (Å²) in [7, 11) is -2.39. The van der Waals surface area contributed by atoms with Gasteiger partial charge in [-0.2, -0.15) is 8.42 Å². The first-order chi connectivity index (χ1) is 15.4. The molecule has 0 bridgehead atoms. The summed E-state index contributed by atoms with van der Waals surface area (Å²) in [5, 5.41) is 3.53. The first-order valence-corrected chi connectivity index (χ1v) is 12.3. The number of aromatic nitrogens is 2. The molecule has 1 aromatic heterocycles. The zero-order chi connectivity index (χ0) is 22.7. The van der Waals surface area contributed by atoms with Gasteiger partial charge >= 0.3 is 15.2 Å². The number of hydrogen-bond donors (Lipinski definition) is 2. The van der Waals surface area contributed by atoms with Crippen LogP contribution in [0.3, 0.4) is 0 Å². The van der Waals surface area contributed by atoms with Gasteiger partial charge in [0.2, 0.25) is 5.91 Å². The van der Waals surface area contributed by atoms with Crippen LogP contribution in [0.4, 0.5) is 5.69 Å². The Labute approximate surface area is 194 Å². The summed E-state index contributed by atoms with van der Waals surface area (Å²) in [6.45, 7) is 0. The highest BCUT2D eigenvalue weighted by Gasteiger charge is 2.31. The highest BCUT2D eigenvalue weighted by Crippen LogP contribution is 2.28. The van der Waals surface area contributed by atoms with Gasteiger partial charge in [0.15, 0.2) is 11.0 Å². The second-order valence-electron chi connectivity index (χ2n) is 6.71. The largest absolute Gasteiger partial charge is 0.495 e. The number of halogens is 1. The normalized spacial score (nSPS) is 11.4. The minimum absolute atomic E-state index is 0.0349. The predicted molar refractivity (Wildman–Crippen MR) is 125 cm³/mol. The Balaban J connectivity index is 1.64. The maximum Gasteiger partial charge on any atom is 0.336 e. The quantitative estimate of drug-likeness (QED) is 0.302. The summed E-state index contributed by atoms with van der Waals surface area (Å²) in [4.78, 5) is 15.9. The number of amides is 1. The fourth-order valence-electron chi connectivity index (χ4n) is 3.16. The van der Waals surface area contributed by atoms with Gasteiger partial charge in [-0.15, -0.1) is 3.97 Å². The smallest absolute Gasteiger partial charge is 0.336 e. The SMILES string of the molecule is COc1ccc(Cl)cc1NC(=O)CSc1[nH]c2ccccc2[n+]1S(=O)(=O)c1ccccc1. The number of hydrogen-bond acceptors (Lipinski definition) is 5. The number of thioether (sulfide) groups is 1. The lowest BCUT2D eigenvalue weighted by Gasteiger charge is -2.10. The highest BCUT2D eigenvalue weighted by molar-refractivity contribution is 8.00. The summed E-state index contributed by atoms with van der Waals surface area (Å²) in [6.07, 6.45) is 0. The number of imidazole rings is 1. The van der Waals surface area contributed by atoms with Crippen molar-refractivity contribution in [3.63, 3.8) is 0 Å². The number of rotatable bonds is 7. The minimum atomic E-state index is -3.88. The van der Waals surface area contributed by atoms with E-state index in [0.717, 1.165) is 11.8 Å². The molecule has 164 valence electrons. The van der Waals surface area contributed by atoms with Crippen LogP contribution >= 0.6 is 23.4 Å². The zero-order valence-corrected chi connectivity index (χ0v) is 19.3. The summed E-state index contributed by atoms with van der Waals surface area (Å²) in [5.74, 6) is 0.102. The second-order valence-corrected chi connectivity index (χ2v) is 9.90. The van der Waals surface area contributed by atoms with E-state index in [1.54, 1.807) is 54.6 Å². The molecule has 0 saturated heterocycles. The average Bonchev–Trinajstić information content (AvgIpc) is 3.18. The van der Waals surface area contributed by atoms with Gasteiger partial charge in [0.05, 0.1) is 18.6 Å². The maximum atomic E-state index is 13.4. The summed E-state index contributed by atoms with van der Waals surface area (Å²) in [5.41, 5.74) is 1.58. The number of nitrogens with one attached hydrogen (secondary N) is 2. The summed E-state index contributed by atoms with van der Waals surface area (Å²) in [6, 6.07) is 20.1. The number of ether oxygens (including phenoxy) is 1. The van der Waals surface area contributed by atoms with Crippen molar-refractivity contribution >= 4 is 56.0 Å². The van der Waals surface area contributed by atoms with Gasteiger partial charge in [0.25, 0.3) is 0 Å². The van der Waals surface area contributed by atoms with Gasteiger partial charge < -0.3 is 10.1 Å². The molecule has 4 aromatic rings. The topological polar surface area (TPSA) is 92.1 Å². The molecule has 32 heavy (non-hydrogen) atoms. The Morgan fingerprint density at radius 2 is 1.81 bits per heavy atom. The Hall–Kier alpha value is -3.01. The van der Waals surface area contributed by atoms with Crippen LogP contribution in [-0.4, -0.2) is 32.2 Å². The molecular weight excluding hydrogens is 470 g/mol. The second kappa shape index (κ2) is 9.23. The molecule has 7 nitrogen and oxygen atoms in total. The van der Waals surface area contributed by atoms with E-state index in [1.165, 1.54) is 23.2 Å². The molecule has 1 amide bonds. The Morgan fingerprint density at radius 1 is 1.09 bits per heavy atom. The van der Waals surface area contributed by atoms with Crippen LogP contribution < -0.4 is 14.0 Å². The van der Waals surface area contributed by atoms with Gasteiger partial charge in [-0.25, -0.2) is 4.98 Å². The van der Waals surface area contributed by atoms with Gasteiger partial charge in [0.1, 0.15) is 10.6 Å². The number of H-pyrrole nitrogens is 1. The Kier molecular flexibility index (Phi) is 6.40. The predicted octanol–water partition coefficient (Wildman–Crippen LogP) is 4.09. The van der Waals surface area contributed by atoms with Crippen LogP contribution in [-0.2, 0) is 14.8 Å². The zero-order valence-electron chi connectivity index (χ0n) is 16.9. The van der Waals surface area contributed by atoms with Crippen LogP contribution in [0.5, 0.6) is 5.75 Å².